The second-order valence-corrected chi connectivity index (χ2v) is 8.99. The van der Waals surface area contributed by atoms with Crippen LogP contribution in [0.5, 0.6) is 0 Å². The Bertz CT molecular complexity index is 1030. The highest BCUT2D eigenvalue weighted by Crippen LogP contribution is 2.44. The van der Waals surface area contributed by atoms with Crippen molar-refractivity contribution in [2.45, 2.75) is 50.7 Å². The SMILES string of the molecule is CCC1CN(C(=O)C(CCC(=O)O)NC(=O)OCC2c3ccccc3-c3ccccc32)CCCO1. The van der Waals surface area contributed by atoms with Crippen LogP contribution in [0.25, 0.3) is 11.1 Å². The first-order valence-corrected chi connectivity index (χ1v) is 12.2. The molecule has 2 N–H and O–H groups in total. The van der Waals surface area contributed by atoms with Crippen LogP contribution in [0.15, 0.2) is 48.5 Å². The number of carboxylic acids is 1. The smallest absolute Gasteiger partial charge is 0.407 e. The molecular formula is C27H32N2O6. The van der Waals surface area contributed by atoms with Crippen molar-refractivity contribution in [1.82, 2.24) is 10.2 Å². The molecule has 0 spiro atoms. The fraction of sp³-hybridized carbons (Fsp3) is 0.444. The summed E-state index contributed by atoms with van der Waals surface area (Å²) in [6, 6.07) is 15.1. The first kappa shape index (κ1) is 24.7. The number of nitrogens with one attached hydrogen (secondary N) is 1. The Morgan fingerprint density at radius 3 is 2.40 bits per heavy atom. The van der Waals surface area contributed by atoms with Crippen molar-refractivity contribution in [3.8, 4) is 11.1 Å². The molecule has 35 heavy (non-hydrogen) atoms. The molecule has 2 unspecified atom stereocenters. The number of nitrogens with zero attached hydrogens (tertiary/aromatic N) is 1. The van der Waals surface area contributed by atoms with Gasteiger partial charge >= 0.3 is 12.1 Å². The van der Waals surface area contributed by atoms with Gasteiger partial charge in [-0.05, 0) is 41.5 Å². The Morgan fingerprint density at radius 2 is 1.77 bits per heavy atom. The van der Waals surface area contributed by atoms with Gasteiger partial charge in [-0.25, -0.2) is 4.79 Å². The maximum Gasteiger partial charge on any atom is 0.407 e. The lowest BCUT2D eigenvalue weighted by molar-refractivity contribution is -0.138. The normalized spacial score (nSPS) is 18.2. The Balaban J connectivity index is 1.43. The third-order valence-corrected chi connectivity index (χ3v) is 6.70. The van der Waals surface area contributed by atoms with E-state index >= 15 is 0 Å². The van der Waals surface area contributed by atoms with Crippen LogP contribution in [0, 0.1) is 0 Å². The lowest BCUT2D eigenvalue weighted by Crippen LogP contribution is -2.50. The minimum atomic E-state index is -1.03. The van der Waals surface area contributed by atoms with Gasteiger partial charge in [0, 0.05) is 32.0 Å². The highest BCUT2D eigenvalue weighted by molar-refractivity contribution is 5.86. The predicted octanol–water partition coefficient (Wildman–Crippen LogP) is 3.79. The van der Waals surface area contributed by atoms with E-state index in [0.29, 0.717) is 26.1 Å². The third kappa shape index (κ3) is 5.82. The molecule has 1 heterocycles. The maximum absolute atomic E-state index is 13.3. The Labute approximate surface area is 205 Å². The summed E-state index contributed by atoms with van der Waals surface area (Å²) in [7, 11) is 0. The van der Waals surface area contributed by atoms with Gasteiger partial charge in [-0.15, -0.1) is 0 Å². The van der Waals surface area contributed by atoms with E-state index in [9.17, 15) is 14.4 Å². The van der Waals surface area contributed by atoms with Crippen LogP contribution in [0.3, 0.4) is 0 Å². The Kier molecular flexibility index (Phi) is 8.02. The van der Waals surface area contributed by atoms with Gasteiger partial charge in [-0.3, -0.25) is 9.59 Å². The number of fused-ring (bicyclic) bond motifs is 3. The summed E-state index contributed by atoms with van der Waals surface area (Å²) in [5, 5.41) is 11.8. The van der Waals surface area contributed by atoms with Crippen LogP contribution < -0.4 is 5.32 Å². The van der Waals surface area contributed by atoms with Crippen molar-refractivity contribution < 1.29 is 29.0 Å². The summed E-state index contributed by atoms with van der Waals surface area (Å²) >= 11 is 0. The molecule has 0 aromatic heterocycles. The molecule has 186 valence electrons. The molecule has 0 bridgehead atoms. The minimum Gasteiger partial charge on any atom is -0.481 e. The predicted molar refractivity (Wildman–Crippen MR) is 130 cm³/mol. The quantitative estimate of drug-likeness (QED) is 0.596. The second-order valence-electron chi connectivity index (χ2n) is 8.99. The van der Waals surface area contributed by atoms with E-state index in [1.54, 1.807) is 4.90 Å². The third-order valence-electron chi connectivity index (χ3n) is 6.70. The Hall–Kier alpha value is -3.39. The maximum atomic E-state index is 13.3. The van der Waals surface area contributed by atoms with E-state index in [1.807, 2.05) is 43.3 Å². The zero-order chi connectivity index (χ0) is 24.8. The summed E-state index contributed by atoms with van der Waals surface area (Å²) in [5.41, 5.74) is 4.44. The minimum absolute atomic E-state index is 0.00743. The van der Waals surface area contributed by atoms with Gasteiger partial charge < -0.3 is 24.8 Å². The highest BCUT2D eigenvalue weighted by atomic mass is 16.5. The van der Waals surface area contributed by atoms with Gasteiger partial charge in [0.1, 0.15) is 12.6 Å². The van der Waals surface area contributed by atoms with Crippen LogP contribution in [0.4, 0.5) is 4.79 Å². The number of carboxylic acid groups (broad SMARTS) is 1. The molecule has 2 atom stereocenters. The molecule has 1 saturated heterocycles. The number of alkyl carbamates (subject to hydrolysis) is 1. The number of hydrogen-bond donors (Lipinski definition) is 2. The van der Waals surface area contributed by atoms with Gasteiger partial charge in [0.2, 0.25) is 5.91 Å². The van der Waals surface area contributed by atoms with Gasteiger partial charge in [-0.1, -0.05) is 55.5 Å². The summed E-state index contributed by atoms with van der Waals surface area (Å²) in [4.78, 5) is 38.9. The lowest BCUT2D eigenvalue weighted by Gasteiger charge is -2.28. The standard InChI is InChI=1S/C27H32N2O6/c1-2-18-16-29(14-7-15-34-18)26(32)24(12-13-25(30)31)28-27(33)35-17-23-21-10-5-3-8-19(21)20-9-4-6-11-22(20)23/h3-6,8-11,18,23-24H,2,7,12-17H2,1H3,(H,28,33)(H,30,31). The van der Waals surface area contributed by atoms with E-state index in [4.69, 9.17) is 14.6 Å². The van der Waals surface area contributed by atoms with Crippen LogP contribution in [0.2, 0.25) is 0 Å². The van der Waals surface area contributed by atoms with E-state index in [0.717, 1.165) is 28.7 Å². The molecular weight excluding hydrogens is 448 g/mol. The van der Waals surface area contributed by atoms with Gasteiger partial charge in [-0.2, -0.15) is 0 Å². The van der Waals surface area contributed by atoms with E-state index in [1.165, 1.54) is 0 Å². The molecule has 4 rings (SSSR count). The number of hydrogen-bond acceptors (Lipinski definition) is 5. The summed E-state index contributed by atoms with van der Waals surface area (Å²) < 4.78 is 11.3. The Morgan fingerprint density at radius 1 is 1.11 bits per heavy atom. The van der Waals surface area contributed by atoms with Gasteiger partial charge in [0.15, 0.2) is 0 Å². The first-order valence-electron chi connectivity index (χ1n) is 12.2. The molecule has 1 aliphatic heterocycles. The van der Waals surface area contributed by atoms with Crippen molar-refractivity contribution in [2.24, 2.45) is 0 Å². The average molecular weight is 481 g/mol. The summed E-state index contributed by atoms with van der Waals surface area (Å²) in [6.07, 6.45) is 0.417. The van der Waals surface area contributed by atoms with Crippen LogP contribution in [0.1, 0.15) is 49.7 Å². The first-order chi connectivity index (χ1) is 17.0. The van der Waals surface area contributed by atoms with E-state index in [2.05, 4.69) is 17.4 Å². The van der Waals surface area contributed by atoms with E-state index < -0.39 is 18.1 Å². The van der Waals surface area contributed by atoms with Crippen LogP contribution >= 0.6 is 0 Å². The molecule has 2 aliphatic rings. The molecule has 1 fully saturated rings. The molecule has 0 saturated carbocycles. The number of rotatable bonds is 8. The van der Waals surface area contributed by atoms with Crippen LogP contribution in [-0.4, -0.2) is 66.4 Å². The molecule has 2 aromatic rings. The molecule has 0 radical (unpaired) electrons. The topological polar surface area (TPSA) is 105 Å². The molecule has 8 nitrogen and oxygen atoms in total. The monoisotopic (exact) mass is 480 g/mol. The number of aliphatic carboxylic acids is 1. The average Bonchev–Trinajstić information content (AvgIpc) is 3.00. The molecule has 1 aliphatic carbocycles. The summed E-state index contributed by atoms with van der Waals surface area (Å²) in [5.74, 6) is -1.43. The van der Waals surface area contributed by atoms with Crippen molar-refractivity contribution >= 4 is 18.0 Å². The second kappa shape index (κ2) is 11.4. The van der Waals surface area contributed by atoms with Crippen molar-refractivity contribution in [2.75, 3.05) is 26.3 Å². The number of carbonyl (C=O) groups is 3. The highest BCUT2D eigenvalue weighted by Gasteiger charge is 2.32. The van der Waals surface area contributed by atoms with Gasteiger partial charge in [0.25, 0.3) is 0 Å². The lowest BCUT2D eigenvalue weighted by atomic mass is 9.98. The molecule has 2 amide bonds. The fourth-order valence-corrected chi connectivity index (χ4v) is 4.87. The van der Waals surface area contributed by atoms with Crippen molar-refractivity contribution in [3.05, 3.63) is 59.7 Å². The van der Waals surface area contributed by atoms with Crippen molar-refractivity contribution in [3.63, 3.8) is 0 Å². The molecule has 2 aromatic carbocycles. The zero-order valence-corrected chi connectivity index (χ0v) is 19.9. The fourth-order valence-electron chi connectivity index (χ4n) is 4.87. The van der Waals surface area contributed by atoms with Crippen LogP contribution in [-0.2, 0) is 19.1 Å². The molecule has 8 heteroatoms. The van der Waals surface area contributed by atoms with Crippen molar-refractivity contribution in [1.29, 1.82) is 0 Å². The van der Waals surface area contributed by atoms with E-state index in [-0.39, 0.29) is 37.4 Å². The number of ether oxygens (including phenoxy) is 2. The number of carbonyl (C=O) groups excluding carboxylic acids is 2. The van der Waals surface area contributed by atoms with Gasteiger partial charge in [0.05, 0.1) is 6.10 Å². The largest absolute Gasteiger partial charge is 0.481 e. The summed E-state index contributed by atoms with van der Waals surface area (Å²) in [6.45, 7) is 3.61. The zero-order valence-electron chi connectivity index (χ0n) is 19.9. The number of amides is 2. The number of benzene rings is 2.